The zero-order valence-electron chi connectivity index (χ0n) is 17.6. The smallest absolute Gasteiger partial charge is 0.282 e. The third-order valence-electron chi connectivity index (χ3n) is 5.62. The van der Waals surface area contributed by atoms with Crippen LogP contribution in [0.15, 0.2) is 90.6 Å². The van der Waals surface area contributed by atoms with E-state index < -0.39 is 23.4 Å². The predicted octanol–water partition coefficient (Wildman–Crippen LogP) is 5.82. The molecule has 0 saturated carbocycles. The van der Waals surface area contributed by atoms with Gasteiger partial charge in [-0.2, -0.15) is 0 Å². The lowest BCUT2D eigenvalue weighted by atomic mass is 10.0. The summed E-state index contributed by atoms with van der Waals surface area (Å²) in [6.07, 6.45) is 0. The van der Waals surface area contributed by atoms with Gasteiger partial charge in [0.2, 0.25) is 0 Å². The molecule has 2 amide bonds. The Balaban J connectivity index is 1.66. The normalized spacial score (nSPS) is 13.8. The van der Waals surface area contributed by atoms with Crippen molar-refractivity contribution in [2.24, 2.45) is 0 Å². The lowest BCUT2D eigenvalue weighted by Crippen LogP contribution is -2.32. The number of amides is 2. The van der Waals surface area contributed by atoms with Crippen molar-refractivity contribution in [2.75, 3.05) is 10.2 Å². The standard InChI is InChI=1S/C27H18F2N2O2/c1-16-9-11-18(12-10-16)24-25(30-19-13-14-21(28)22(29)15-19)27(33)31(26(24)32)23-8-4-6-17-5-2-3-7-20(17)23/h2-15,30H,1H3. The minimum absolute atomic E-state index is 0.00259. The Morgan fingerprint density at radius 1 is 0.758 bits per heavy atom. The van der Waals surface area contributed by atoms with Crippen molar-refractivity contribution in [3.63, 3.8) is 0 Å². The molecule has 1 aliphatic heterocycles. The molecule has 162 valence electrons. The molecule has 1 N–H and O–H groups in total. The number of fused-ring (bicyclic) bond motifs is 1. The highest BCUT2D eigenvalue weighted by atomic mass is 19.2. The van der Waals surface area contributed by atoms with Gasteiger partial charge in [-0.25, -0.2) is 13.7 Å². The van der Waals surface area contributed by atoms with Crippen molar-refractivity contribution in [3.8, 4) is 0 Å². The highest BCUT2D eigenvalue weighted by Gasteiger charge is 2.40. The van der Waals surface area contributed by atoms with Crippen molar-refractivity contribution < 1.29 is 18.4 Å². The van der Waals surface area contributed by atoms with E-state index in [1.807, 2.05) is 49.4 Å². The fraction of sp³-hybridized carbons (Fsp3) is 0.0370. The van der Waals surface area contributed by atoms with Crippen molar-refractivity contribution in [2.45, 2.75) is 6.92 Å². The Hall–Kier alpha value is -4.32. The van der Waals surface area contributed by atoms with Gasteiger partial charge in [-0.1, -0.05) is 66.2 Å². The molecule has 0 aliphatic carbocycles. The molecule has 4 aromatic carbocycles. The molecule has 4 aromatic rings. The van der Waals surface area contributed by atoms with Crippen LogP contribution < -0.4 is 10.2 Å². The van der Waals surface area contributed by atoms with Gasteiger partial charge in [0.25, 0.3) is 11.8 Å². The second-order valence-electron chi connectivity index (χ2n) is 7.81. The van der Waals surface area contributed by atoms with E-state index >= 15 is 0 Å². The highest BCUT2D eigenvalue weighted by Crippen LogP contribution is 2.37. The Morgan fingerprint density at radius 2 is 1.48 bits per heavy atom. The molecule has 0 unspecified atom stereocenters. The summed E-state index contributed by atoms with van der Waals surface area (Å²) in [5, 5.41) is 4.49. The molecule has 6 heteroatoms. The number of anilines is 2. The SMILES string of the molecule is Cc1ccc(C2=C(Nc3ccc(F)c(F)c3)C(=O)N(c3cccc4ccccc34)C2=O)cc1. The number of nitrogens with one attached hydrogen (secondary N) is 1. The molecule has 0 aromatic heterocycles. The Labute approximate surface area is 188 Å². The third-order valence-corrected chi connectivity index (χ3v) is 5.62. The predicted molar refractivity (Wildman–Crippen MR) is 125 cm³/mol. The van der Waals surface area contributed by atoms with E-state index in [1.54, 1.807) is 24.3 Å². The number of hydrogen-bond acceptors (Lipinski definition) is 3. The molecule has 0 spiro atoms. The quantitative estimate of drug-likeness (QED) is 0.407. The number of nitrogens with zero attached hydrogens (tertiary/aromatic N) is 1. The van der Waals surface area contributed by atoms with Crippen molar-refractivity contribution in [1.82, 2.24) is 0 Å². The summed E-state index contributed by atoms with van der Waals surface area (Å²) in [5.41, 5.74) is 2.33. The van der Waals surface area contributed by atoms with E-state index in [9.17, 15) is 18.4 Å². The minimum Gasteiger partial charge on any atom is -0.350 e. The van der Waals surface area contributed by atoms with Gasteiger partial charge in [-0.15, -0.1) is 0 Å². The zero-order valence-corrected chi connectivity index (χ0v) is 17.6. The van der Waals surface area contributed by atoms with E-state index in [-0.39, 0.29) is 17.0 Å². The Bertz CT molecular complexity index is 1450. The van der Waals surface area contributed by atoms with E-state index in [2.05, 4.69) is 5.32 Å². The number of carbonyl (C=O) groups is 2. The van der Waals surface area contributed by atoms with Gasteiger partial charge in [0.15, 0.2) is 11.6 Å². The molecule has 4 nitrogen and oxygen atoms in total. The molecule has 0 saturated heterocycles. The van der Waals surface area contributed by atoms with Crippen LogP contribution in [0.25, 0.3) is 16.3 Å². The van der Waals surface area contributed by atoms with Crippen molar-refractivity contribution >= 4 is 39.5 Å². The largest absolute Gasteiger partial charge is 0.350 e. The molecule has 0 radical (unpaired) electrons. The van der Waals surface area contributed by atoms with E-state index in [0.717, 1.165) is 33.4 Å². The number of benzene rings is 4. The van der Waals surface area contributed by atoms with Crippen LogP contribution in [0.2, 0.25) is 0 Å². The molecule has 5 rings (SSSR count). The van der Waals surface area contributed by atoms with Crippen LogP contribution in [0, 0.1) is 18.6 Å². The monoisotopic (exact) mass is 440 g/mol. The van der Waals surface area contributed by atoms with Gasteiger partial charge in [-0.05, 0) is 36.1 Å². The summed E-state index contributed by atoms with van der Waals surface area (Å²) in [6.45, 7) is 1.92. The molecule has 0 fully saturated rings. The molecular formula is C27H18F2N2O2. The lowest BCUT2D eigenvalue weighted by molar-refractivity contribution is -0.120. The number of halogens is 2. The van der Waals surface area contributed by atoms with Gasteiger partial charge in [0, 0.05) is 17.1 Å². The molecule has 0 bridgehead atoms. The maximum Gasteiger partial charge on any atom is 0.282 e. The lowest BCUT2D eigenvalue weighted by Gasteiger charge is -2.18. The maximum atomic E-state index is 13.8. The first-order valence-corrected chi connectivity index (χ1v) is 10.3. The second kappa shape index (κ2) is 7.98. The number of hydrogen-bond donors (Lipinski definition) is 1. The fourth-order valence-corrected chi connectivity index (χ4v) is 3.97. The van der Waals surface area contributed by atoms with E-state index in [0.29, 0.717) is 11.3 Å². The first-order valence-electron chi connectivity index (χ1n) is 10.3. The third kappa shape index (κ3) is 3.55. The highest BCUT2D eigenvalue weighted by molar-refractivity contribution is 6.47. The summed E-state index contributed by atoms with van der Waals surface area (Å²) in [6, 6.07) is 23.3. The average Bonchev–Trinajstić information content (AvgIpc) is 3.05. The summed E-state index contributed by atoms with van der Waals surface area (Å²) in [5.74, 6) is -3.12. The van der Waals surface area contributed by atoms with Gasteiger partial charge in [-0.3, -0.25) is 9.59 Å². The summed E-state index contributed by atoms with van der Waals surface area (Å²) >= 11 is 0. The molecule has 0 atom stereocenters. The number of rotatable bonds is 4. The van der Waals surface area contributed by atoms with Crippen LogP contribution in [-0.2, 0) is 9.59 Å². The van der Waals surface area contributed by atoms with Crippen LogP contribution in [0.5, 0.6) is 0 Å². The topological polar surface area (TPSA) is 49.4 Å². The van der Waals surface area contributed by atoms with Crippen LogP contribution >= 0.6 is 0 Å². The van der Waals surface area contributed by atoms with E-state index in [4.69, 9.17) is 0 Å². The first-order chi connectivity index (χ1) is 15.9. The van der Waals surface area contributed by atoms with Gasteiger partial charge >= 0.3 is 0 Å². The molecule has 33 heavy (non-hydrogen) atoms. The minimum atomic E-state index is -1.06. The average molecular weight is 440 g/mol. The van der Waals surface area contributed by atoms with Crippen LogP contribution in [0.4, 0.5) is 20.2 Å². The zero-order chi connectivity index (χ0) is 23.1. The Kier molecular flexibility index (Phi) is 4.98. The summed E-state index contributed by atoms with van der Waals surface area (Å²) < 4.78 is 27.2. The molecular weight excluding hydrogens is 422 g/mol. The van der Waals surface area contributed by atoms with Crippen LogP contribution in [0.3, 0.4) is 0 Å². The van der Waals surface area contributed by atoms with Crippen molar-refractivity contribution in [3.05, 3.63) is 113 Å². The number of carbonyl (C=O) groups excluding carboxylic acids is 2. The second-order valence-corrected chi connectivity index (χ2v) is 7.81. The van der Waals surface area contributed by atoms with Crippen molar-refractivity contribution in [1.29, 1.82) is 0 Å². The number of imide groups is 1. The van der Waals surface area contributed by atoms with Gasteiger partial charge in [0.05, 0.1) is 11.3 Å². The van der Waals surface area contributed by atoms with E-state index in [1.165, 1.54) is 6.07 Å². The van der Waals surface area contributed by atoms with Gasteiger partial charge in [0.1, 0.15) is 5.70 Å². The fourth-order valence-electron chi connectivity index (χ4n) is 3.97. The number of aryl methyl sites for hydroxylation is 1. The van der Waals surface area contributed by atoms with Gasteiger partial charge < -0.3 is 5.32 Å². The van der Waals surface area contributed by atoms with Crippen LogP contribution in [0.1, 0.15) is 11.1 Å². The first kappa shape index (κ1) is 20.6. The molecule has 1 aliphatic rings. The maximum absolute atomic E-state index is 13.8. The summed E-state index contributed by atoms with van der Waals surface area (Å²) in [7, 11) is 0. The summed E-state index contributed by atoms with van der Waals surface area (Å²) in [4.78, 5) is 28.3. The van der Waals surface area contributed by atoms with Crippen LogP contribution in [-0.4, -0.2) is 11.8 Å². The molecule has 1 heterocycles. The Morgan fingerprint density at radius 3 is 2.24 bits per heavy atom.